The first-order valence-corrected chi connectivity index (χ1v) is 11.0. The van der Waals surface area contributed by atoms with E-state index in [4.69, 9.17) is 5.32 Å². The Morgan fingerprint density at radius 3 is 1.43 bits per heavy atom. The molecule has 0 aliphatic rings. The molecule has 0 aromatic heterocycles. The van der Waals surface area contributed by atoms with Gasteiger partial charge in [-0.05, 0) is 19.3 Å². The predicted molar refractivity (Wildman–Crippen MR) is 106 cm³/mol. The molecule has 0 aromatic carbocycles. The highest BCUT2D eigenvalue weighted by atomic mass is 14.9. The molecule has 0 rings (SSSR count). The van der Waals surface area contributed by atoms with Gasteiger partial charge in [-0.25, -0.2) is 5.32 Å². The Hall–Kier alpha value is -0.0400. The van der Waals surface area contributed by atoms with Gasteiger partial charge < -0.3 is 0 Å². The SMILES string of the molecule is CCCCCCCCCCCCC[N]C(CC)CCCCCC. The molecule has 1 radical (unpaired) electrons. The second-order valence-electron chi connectivity index (χ2n) is 7.35. The fourth-order valence-corrected chi connectivity index (χ4v) is 3.28. The lowest BCUT2D eigenvalue weighted by Gasteiger charge is -2.14. The molecule has 1 atom stereocenters. The minimum atomic E-state index is 0.648. The normalized spacial score (nSPS) is 12.7. The van der Waals surface area contributed by atoms with Crippen LogP contribution in [0, 0.1) is 0 Å². The maximum absolute atomic E-state index is 4.92. The minimum absolute atomic E-state index is 0.648. The van der Waals surface area contributed by atoms with E-state index in [1.54, 1.807) is 0 Å². The van der Waals surface area contributed by atoms with Crippen molar-refractivity contribution in [2.24, 2.45) is 0 Å². The fourth-order valence-electron chi connectivity index (χ4n) is 3.28. The quantitative estimate of drug-likeness (QED) is 0.217. The maximum Gasteiger partial charge on any atom is 0.0243 e. The summed E-state index contributed by atoms with van der Waals surface area (Å²) in [6.45, 7) is 7.99. The van der Waals surface area contributed by atoms with E-state index in [0.717, 1.165) is 6.54 Å². The first kappa shape index (κ1) is 23.0. The van der Waals surface area contributed by atoms with Gasteiger partial charge in [0, 0.05) is 12.6 Å². The first-order valence-electron chi connectivity index (χ1n) is 11.0. The molecule has 0 amide bonds. The molecule has 23 heavy (non-hydrogen) atoms. The van der Waals surface area contributed by atoms with Gasteiger partial charge in [-0.1, -0.05) is 111 Å². The average Bonchev–Trinajstić information content (AvgIpc) is 2.57. The Bertz CT molecular complexity index is 202. The molecule has 0 aliphatic heterocycles. The van der Waals surface area contributed by atoms with Crippen LogP contribution in [0.15, 0.2) is 0 Å². The highest BCUT2D eigenvalue weighted by molar-refractivity contribution is 4.64. The number of nitrogens with zero attached hydrogens (tertiary/aromatic N) is 1. The van der Waals surface area contributed by atoms with Crippen molar-refractivity contribution in [2.45, 2.75) is 136 Å². The van der Waals surface area contributed by atoms with Gasteiger partial charge in [0.15, 0.2) is 0 Å². The van der Waals surface area contributed by atoms with Crippen LogP contribution in [-0.4, -0.2) is 12.6 Å². The molecule has 1 heteroatoms. The molecule has 0 aromatic rings. The lowest BCUT2D eigenvalue weighted by atomic mass is 10.0. The van der Waals surface area contributed by atoms with E-state index in [2.05, 4.69) is 20.8 Å². The van der Waals surface area contributed by atoms with Crippen molar-refractivity contribution < 1.29 is 0 Å². The Morgan fingerprint density at radius 1 is 0.522 bits per heavy atom. The minimum Gasteiger partial charge on any atom is -0.238 e. The summed E-state index contributed by atoms with van der Waals surface area (Å²) in [6, 6.07) is 0.648. The standard InChI is InChI=1S/C22H46N/c1-4-7-9-11-12-13-14-15-16-17-19-21-23-22(6-3)20-18-10-8-5-2/h22H,4-21H2,1-3H3. The van der Waals surface area contributed by atoms with Gasteiger partial charge in [0.1, 0.15) is 0 Å². The molecular formula is C22H46N. The van der Waals surface area contributed by atoms with Crippen LogP contribution in [0.4, 0.5) is 0 Å². The van der Waals surface area contributed by atoms with Crippen LogP contribution in [0.25, 0.3) is 0 Å². The van der Waals surface area contributed by atoms with E-state index in [9.17, 15) is 0 Å². The van der Waals surface area contributed by atoms with Crippen LogP contribution in [0.2, 0.25) is 0 Å². The second-order valence-corrected chi connectivity index (χ2v) is 7.35. The summed E-state index contributed by atoms with van der Waals surface area (Å²) in [7, 11) is 0. The van der Waals surface area contributed by atoms with Crippen molar-refractivity contribution in [3.05, 3.63) is 0 Å². The average molecular weight is 325 g/mol. The zero-order valence-corrected chi connectivity index (χ0v) is 16.8. The largest absolute Gasteiger partial charge is 0.238 e. The fraction of sp³-hybridized carbons (Fsp3) is 1.00. The van der Waals surface area contributed by atoms with Crippen LogP contribution in [0.5, 0.6) is 0 Å². The zero-order chi connectivity index (χ0) is 17.0. The highest BCUT2D eigenvalue weighted by Crippen LogP contribution is 2.12. The summed E-state index contributed by atoms with van der Waals surface area (Å²) in [5, 5.41) is 4.92. The smallest absolute Gasteiger partial charge is 0.0243 e. The van der Waals surface area contributed by atoms with Crippen LogP contribution >= 0.6 is 0 Å². The van der Waals surface area contributed by atoms with Crippen LogP contribution in [0.1, 0.15) is 130 Å². The van der Waals surface area contributed by atoms with Gasteiger partial charge in [0.25, 0.3) is 0 Å². The van der Waals surface area contributed by atoms with Gasteiger partial charge in [-0.2, -0.15) is 0 Å². The molecule has 0 saturated heterocycles. The Morgan fingerprint density at radius 2 is 0.957 bits per heavy atom. The van der Waals surface area contributed by atoms with Crippen molar-refractivity contribution in [1.82, 2.24) is 5.32 Å². The molecule has 0 spiro atoms. The molecule has 1 unspecified atom stereocenters. The van der Waals surface area contributed by atoms with E-state index in [0.29, 0.717) is 6.04 Å². The third-order valence-electron chi connectivity index (χ3n) is 5.01. The summed E-state index contributed by atoms with van der Waals surface area (Å²) in [6.07, 6.45) is 23.8. The van der Waals surface area contributed by atoms with Crippen LogP contribution in [-0.2, 0) is 0 Å². The third-order valence-corrected chi connectivity index (χ3v) is 5.01. The third kappa shape index (κ3) is 18.1. The van der Waals surface area contributed by atoms with E-state index in [-0.39, 0.29) is 0 Å². The van der Waals surface area contributed by atoms with Gasteiger partial charge in [0.05, 0.1) is 0 Å². The Balaban J connectivity index is 3.21. The van der Waals surface area contributed by atoms with E-state index in [1.165, 1.54) is 109 Å². The lowest BCUT2D eigenvalue weighted by molar-refractivity contribution is 0.427. The maximum atomic E-state index is 4.92. The van der Waals surface area contributed by atoms with Gasteiger partial charge in [-0.15, -0.1) is 0 Å². The molecule has 0 heterocycles. The van der Waals surface area contributed by atoms with Gasteiger partial charge in [0.2, 0.25) is 0 Å². The number of hydrogen-bond acceptors (Lipinski definition) is 0. The number of rotatable bonds is 19. The van der Waals surface area contributed by atoms with Crippen molar-refractivity contribution >= 4 is 0 Å². The monoisotopic (exact) mass is 324 g/mol. The van der Waals surface area contributed by atoms with Crippen LogP contribution < -0.4 is 5.32 Å². The van der Waals surface area contributed by atoms with Gasteiger partial charge in [-0.3, -0.25) is 0 Å². The zero-order valence-electron chi connectivity index (χ0n) is 16.8. The number of unbranched alkanes of at least 4 members (excludes halogenated alkanes) is 13. The lowest BCUT2D eigenvalue weighted by Crippen LogP contribution is -2.22. The summed E-state index contributed by atoms with van der Waals surface area (Å²) < 4.78 is 0. The Labute approximate surface area is 148 Å². The molecule has 1 nitrogen and oxygen atoms in total. The first-order chi connectivity index (χ1) is 11.3. The van der Waals surface area contributed by atoms with Crippen LogP contribution in [0.3, 0.4) is 0 Å². The van der Waals surface area contributed by atoms with Crippen molar-refractivity contribution in [3.8, 4) is 0 Å². The summed E-state index contributed by atoms with van der Waals surface area (Å²) in [4.78, 5) is 0. The van der Waals surface area contributed by atoms with Crippen molar-refractivity contribution in [2.75, 3.05) is 6.54 Å². The molecule has 139 valence electrons. The molecule has 0 saturated carbocycles. The molecular weight excluding hydrogens is 278 g/mol. The van der Waals surface area contributed by atoms with E-state index >= 15 is 0 Å². The summed E-state index contributed by atoms with van der Waals surface area (Å²) in [5.74, 6) is 0. The Kier molecular flexibility index (Phi) is 20.0. The topological polar surface area (TPSA) is 14.1 Å². The van der Waals surface area contributed by atoms with Gasteiger partial charge >= 0.3 is 0 Å². The molecule has 0 N–H and O–H groups in total. The summed E-state index contributed by atoms with van der Waals surface area (Å²) >= 11 is 0. The summed E-state index contributed by atoms with van der Waals surface area (Å²) in [5.41, 5.74) is 0. The van der Waals surface area contributed by atoms with Crippen molar-refractivity contribution in [1.29, 1.82) is 0 Å². The second kappa shape index (κ2) is 20.0. The molecule has 0 fully saturated rings. The van der Waals surface area contributed by atoms with E-state index < -0.39 is 0 Å². The highest BCUT2D eigenvalue weighted by Gasteiger charge is 2.05. The predicted octanol–water partition coefficient (Wildman–Crippen LogP) is 7.65. The number of hydrogen-bond donors (Lipinski definition) is 0. The molecule has 0 bridgehead atoms. The molecule has 0 aliphatic carbocycles. The van der Waals surface area contributed by atoms with E-state index in [1.807, 2.05) is 0 Å². The van der Waals surface area contributed by atoms with Crippen molar-refractivity contribution in [3.63, 3.8) is 0 Å².